The number of amides is 2. The van der Waals surface area contributed by atoms with Crippen molar-refractivity contribution in [2.24, 2.45) is 5.92 Å². The fraction of sp³-hybridized carbons (Fsp3) is 0.588. The van der Waals surface area contributed by atoms with Crippen molar-refractivity contribution < 1.29 is 4.79 Å². The Hall–Kier alpha value is -1.71. The molecule has 0 bridgehead atoms. The molecule has 2 amide bonds. The Morgan fingerprint density at radius 2 is 2.10 bits per heavy atom. The summed E-state index contributed by atoms with van der Waals surface area (Å²) < 4.78 is 0. The summed E-state index contributed by atoms with van der Waals surface area (Å²) in [6, 6.07) is 7.76. The third kappa shape index (κ3) is 4.66. The maximum Gasteiger partial charge on any atom is 0.322 e. The molecule has 1 saturated carbocycles. The van der Waals surface area contributed by atoms with Crippen LogP contribution in [0.2, 0.25) is 0 Å². The monoisotopic (exact) mass is 289 g/mol. The zero-order valence-corrected chi connectivity index (χ0v) is 13.1. The van der Waals surface area contributed by atoms with E-state index in [0.717, 1.165) is 31.5 Å². The van der Waals surface area contributed by atoms with Gasteiger partial charge >= 0.3 is 6.03 Å². The molecule has 0 atom stereocenters. The van der Waals surface area contributed by atoms with Gasteiger partial charge in [-0.15, -0.1) is 0 Å². The van der Waals surface area contributed by atoms with Crippen LogP contribution in [-0.4, -0.2) is 23.5 Å². The normalized spacial score (nSPS) is 15.4. The minimum atomic E-state index is 0.00755. The first-order chi connectivity index (χ1) is 10.1. The summed E-state index contributed by atoms with van der Waals surface area (Å²) in [5.41, 5.74) is 7.21. The summed E-state index contributed by atoms with van der Waals surface area (Å²) in [6.45, 7) is 5.22. The molecule has 0 unspecified atom stereocenters. The molecule has 4 nitrogen and oxygen atoms in total. The number of carbonyl (C=O) groups is 1. The second-order valence-corrected chi connectivity index (χ2v) is 6.37. The Labute approximate surface area is 127 Å². The van der Waals surface area contributed by atoms with Gasteiger partial charge in [0.25, 0.3) is 0 Å². The average molecular weight is 289 g/mol. The Morgan fingerprint density at radius 3 is 2.71 bits per heavy atom. The van der Waals surface area contributed by atoms with E-state index in [1.54, 1.807) is 6.07 Å². The summed E-state index contributed by atoms with van der Waals surface area (Å²) in [4.78, 5) is 14.6. The van der Waals surface area contributed by atoms with Crippen LogP contribution < -0.4 is 11.1 Å². The van der Waals surface area contributed by atoms with Crippen molar-refractivity contribution in [2.45, 2.75) is 52.0 Å². The number of hydrogen-bond donors (Lipinski definition) is 2. The van der Waals surface area contributed by atoms with Crippen LogP contribution in [0.3, 0.4) is 0 Å². The van der Waals surface area contributed by atoms with Crippen LogP contribution in [-0.2, 0) is 0 Å². The maximum absolute atomic E-state index is 12.6. The van der Waals surface area contributed by atoms with Crippen molar-refractivity contribution in [1.82, 2.24) is 4.90 Å². The van der Waals surface area contributed by atoms with Gasteiger partial charge in [0, 0.05) is 24.0 Å². The Balaban J connectivity index is 2.02. The molecule has 116 valence electrons. The van der Waals surface area contributed by atoms with Crippen LogP contribution in [0.15, 0.2) is 24.3 Å². The molecule has 0 heterocycles. The smallest absolute Gasteiger partial charge is 0.322 e. The lowest BCUT2D eigenvalue weighted by molar-refractivity contribution is 0.184. The van der Waals surface area contributed by atoms with Crippen molar-refractivity contribution in [3.8, 4) is 0 Å². The number of nitrogen functional groups attached to an aromatic ring is 1. The van der Waals surface area contributed by atoms with E-state index in [1.165, 1.54) is 12.8 Å². The van der Waals surface area contributed by atoms with E-state index >= 15 is 0 Å². The van der Waals surface area contributed by atoms with E-state index in [-0.39, 0.29) is 6.03 Å². The number of rotatable bonds is 5. The molecule has 3 N–H and O–H groups in total. The third-order valence-corrected chi connectivity index (χ3v) is 4.11. The third-order valence-electron chi connectivity index (χ3n) is 4.11. The van der Waals surface area contributed by atoms with Gasteiger partial charge in [-0.05, 0) is 43.4 Å². The molecule has 1 aromatic carbocycles. The summed E-state index contributed by atoms with van der Waals surface area (Å²) in [6.07, 6.45) is 5.76. The van der Waals surface area contributed by atoms with Crippen molar-refractivity contribution >= 4 is 17.4 Å². The van der Waals surface area contributed by atoms with E-state index in [1.807, 2.05) is 23.1 Å². The number of urea groups is 1. The molecule has 1 fully saturated rings. The first-order valence-electron chi connectivity index (χ1n) is 7.99. The van der Waals surface area contributed by atoms with Gasteiger partial charge in [0.15, 0.2) is 0 Å². The van der Waals surface area contributed by atoms with E-state index in [0.29, 0.717) is 17.6 Å². The standard InChI is InChI=1S/C17H27N3O/c1-13(2)10-11-20(16-8-3-4-9-16)17(21)19-15-7-5-6-14(18)12-15/h5-7,12-13,16H,3-4,8-11,18H2,1-2H3,(H,19,21). The SMILES string of the molecule is CC(C)CCN(C(=O)Nc1cccc(N)c1)C1CCCC1. The molecule has 1 aliphatic rings. The van der Waals surface area contributed by atoms with E-state index in [9.17, 15) is 4.79 Å². The minimum Gasteiger partial charge on any atom is -0.399 e. The fourth-order valence-corrected chi connectivity index (χ4v) is 2.87. The molecule has 21 heavy (non-hydrogen) atoms. The predicted octanol–water partition coefficient (Wildman–Crippen LogP) is 4.09. The molecular weight excluding hydrogens is 262 g/mol. The van der Waals surface area contributed by atoms with Gasteiger partial charge < -0.3 is 16.0 Å². The van der Waals surface area contributed by atoms with Gasteiger partial charge in [0.05, 0.1) is 0 Å². The number of benzene rings is 1. The molecule has 0 aliphatic heterocycles. The minimum absolute atomic E-state index is 0.00755. The van der Waals surface area contributed by atoms with E-state index in [4.69, 9.17) is 5.73 Å². The number of nitrogens with two attached hydrogens (primary N) is 1. The molecule has 0 aromatic heterocycles. The fourth-order valence-electron chi connectivity index (χ4n) is 2.87. The van der Waals surface area contributed by atoms with Crippen LogP contribution in [0.5, 0.6) is 0 Å². The molecular formula is C17H27N3O. The highest BCUT2D eigenvalue weighted by molar-refractivity contribution is 5.90. The number of carbonyl (C=O) groups excluding carboxylic acids is 1. The maximum atomic E-state index is 12.6. The lowest BCUT2D eigenvalue weighted by Gasteiger charge is -2.30. The number of nitrogens with zero attached hydrogens (tertiary/aromatic N) is 1. The van der Waals surface area contributed by atoms with E-state index in [2.05, 4.69) is 19.2 Å². The van der Waals surface area contributed by atoms with Gasteiger partial charge in [-0.1, -0.05) is 32.8 Å². The van der Waals surface area contributed by atoms with Crippen LogP contribution in [0.4, 0.5) is 16.2 Å². The Morgan fingerprint density at radius 1 is 1.38 bits per heavy atom. The van der Waals surface area contributed by atoms with Crippen LogP contribution >= 0.6 is 0 Å². The van der Waals surface area contributed by atoms with Gasteiger partial charge in [0.1, 0.15) is 0 Å². The van der Waals surface area contributed by atoms with Gasteiger partial charge in [0.2, 0.25) is 0 Å². The second kappa shape index (κ2) is 7.34. The van der Waals surface area contributed by atoms with Crippen LogP contribution in [0, 0.1) is 5.92 Å². The zero-order valence-electron chi connectivity index (χ0n) is 13.1. The topological polar surface area (TPSA) is 58.4 Å². The van der Waals surface area contributed by atoms with E-state index < -0.39 is 0 Å². The summed E-state index contributed by atoms with van der Waals surface area (Å²) >= 11 is 0. The van der Waals surface area contributed by atoms with Crippen molar-refractivity contribution in [1.29, 1.82) is 0 Å². The molecule has 0 spiro atoms. The highest BCUT2D eigenvalue weighted by Gasteiger charge is 2.26. The Kier molecular flexibility index (Phi) is 5.48. The van der Waals surface area contributed by atoms with Gasteiger partial charge in [-0.2, -0.15) is 0 Å². The van der Waals surface area contributed by atoms with Crippen molar-refractivity contribution in [3.63, 3.8) is 0 Å². The second-order valence-electron chi connectivity index (χ2n) is 6.37. The summed E-state index contributed by atoms with van der Waals surface area (Å²) in [7, 11) is 0. The number of nitrogens with one attached hydrogen (secondary N) is 1. The molecule has 0 saturated heterocycles. The quantitative estimate of drug-likeness (QED) is 0.802. The molecule has 2 rings (SSSR count). The summed E-state index contributed by atoms with van der Waals surface area (Å²) in [5.74, 6) is 0.606. The highest BCUT2D eigenvalue weighted by atomic mass is 16.2. The number of anilines is 2. The largest absolute Gasteiger partial charge is 0.399 e. The zero-order chi connectivity index (χ0) is 15.2. The molecule has 4 heteroatoms. The molecule has 1 aromatic rings. The first-order valence-corrected chi connectivity index (χ1v) is 7.99. The van der Waals surface area contributed by atoms with Crippen LogP contribution in [0.25, 0.3) is 0 Å². The lowest BCUT2D eigenvalue weighted by Crippen LogP contribution is -2.42. The van der Waals surface area contributed by atoms with Gasteiger partial charge in [-0.3, -0.25) is 0 Å². The average Bonchev–Trinajstić information content (AvgIpc) is 2.92. The van der Waals surface area contributed by atoms with Crippen LogP contribution in [0.1, 0.15) is 46.0 Å². The Bertz CT molecular complexity index is 467. The highest BCUT2D eigenvalue weighted by Crippen LogP contribution is 2.25. The van der Waals surface area contributed by atoms with Gasteiger partial charge in [-0.25, -0.2) is 4.79 Å². The number of hydrogen-bond acceptors (Lipinski definition) is 2. The lowest BCUT2D eigenvalue weighted by atomic mass is 10.1. The summed E-state index contributed by atoms with van der Waals surface area (Å²) in [5, 5.41) is 2.99. The molecule has 0 radical (unpaired) electrons. The first kappa shape index (κ1) is 15.7. The predicted molar refractivity (Wildman–Crippen MR) is 88.3 cm³/mol. The van der Waals surface area contributed by atoms with Crippen molar-refractivity contribution in [3.05, 3.63) is 24.3 Å². The van der Waals surface area contributed by atoms with Crippen molar-refractivity contribution in [2.75, 3.05) is 17.6 Å². The molecule has 1 aliphatic carbocycles.